The molecular formula is C22H19N3O3. The van der Waals surface area contributed by atoms with E-state index in [0.717, 1.165) is 16.5 Å². The molecule has 1 fully saturated rings. The van der Waals surface area contributed by atoms with Gasteiger partial charge in [0.25, 0.3) is 5.91 Å². The second kappa shape index (κ2) is 7.15. The highest BCUT2D eigenvalue weighted by atomic mass is 16.2. The standard InChI is InChI=1S/C22H19N3O3/c1-24(19-8-4-6-15-5-2-3-7-18(15)19)22(28)16-9-11-17(12-10-16)25-21(27)14-13-20(26)23-25/h2-12H,13-14H2,1H3,(H,23,26). The maximum atomic E-state index is 13.0. The van der Waals surface area contributed by atoms with Crippen molar-refractivity contribution in [3.63, 3.8) is 0 Å². The Kier molecular flexibility index (Phi) is 4.53. The lowest BCUT2D eigenvalue weighted by Crippen LogP contribution is -2.50. The van der Waals surface area contributed by atoms with Crippen LogP contribution in [0.25, 0.3) is 10.8 Å². The molecule has 0 atom stereocenters. The molecule has 3 amide bonds. The summed E-state index contributed by atoms with van der Waals surface area (Å²) in [4.78, 5) is 38.2. The number of hydrogen-bond donors (Lipinski definition) is 1. The molecular weight excluding hydrogens is 354 g/mol. The van der Waals surface area contributed by atoms with Gasteiger partial charge in [-0.05, 0) is 35.7 Å². The Morgan fingerprint density at radius 1 is 0.929 bits per heavy atom. The van der Waals surface area contributed by atoms with E-state index in [1.807, 2.05) is 42.5 Å². The summed E-state index contributed by atoms with van der Waals surface area (Å²) in [5.41, 5.74) is 4.40. The Balaban J connectivity index is 1.59. The fourth-order valence-electron chi connectivity index (χ4n) is 3.34. The molecule has 1 saturated heterocycles. The van der Waals surface area contributed by atoms with E-state index in [-0.39, 0.29) is 30.6 Å². The van der Waals surface area contributed by atoms with Crippen molar-refractivity contribution in [2.24, 2.45) is 0 Å². The molecule has 0 unspecified atom stereocenters. The normalized spacial score (nSPS) is 14.1. The Labute approximate surface area is 162 Å². The molecule has 0 aliphatic carbocycles. The first kappa shape index (κ1) is 17.7. The van der Waals surface area contributed by atoms with Crippen molar-refractivity contribution in [2.45, 2.75) is 12.8 Å². The van der Waals surface area contributed by atoms with Crippen molar-refractivity contribution in [1.82, 2.24) is 5.43 Å². The van der Waals surface area contributed by atoms with E-state index in [2.05, 4.69) is 5.43 Å². The summed E-state index contributed by atoms with van der Waals surface area (Å²) < 4.78 is 0. The van der Waals surface area contributed by atoms with Crippen molar-refractivity contribution < 1.29 is 14.4 Å². The summed E-state index contributed by atoms with van der Waals surface area (Å²) in [6.07, 6.45) is 0.373. The van der Waals surface area contributed by atoms with Crippen molar-refractivity contribution in [3.8, 4) is 0 Å². The van der Waals surface area contributed by atoms with Gasteiger partial charge in [0.2, 0.25) is 11.8 Å². The highest BCUT2D eigenvalue weighted by molar-refractivity contribution is 6.10. The Hall–Kier alpha value is -3.67. The molecule has 3 aromatic rings. The Bertz CT molecular complexity index is 1070. The second-order valence-electron chi connectivity index (χ2n) is 6.67. The van der Waals surface area contributed by atoms with Gasteiger partial charge in [-0.2, -0.15) is 0 Å². The molecule has 6 heteroatoms. The first-order valence-corrected chi connectivity index (χ1v) is 9.03. The van der Waals surface area contributed by atoms with E-state index in [0.29, 0.717) is 11.3 Å². The monoisotopic (exact) mass is 373 g/mol. The number of fused-ring (bicyclic) bond motifs is 1. The minimum Gasteiger partial charge on any atom is -0.311 e. The van der Waals surface area contributed by atoms with E-state index < -0.39 is 0 Å². The van der Waals surface area contributed by atoms with Gasteiger partial charge >= 0.3 is 0 Å². The van der Waals surface area contributed by atoms with Gasteiger partial charge in [-0.15, -0.1) is 0 Å². The number of carbonyl (C=O) groups excluding carboxylic acids is 3. The molecule has 140 valence electrons. The number of hydrogen-bond acceptors (Lipinski definition) is 3. The SMILES string of the molecule is CN(C(=O)c1ccc(N2NC(=O)CCC2=O)cc1)c1cccc2ccccc12. The minimum atomic E-state index is -0.199. The van der Waals surface area contributed by atoms with Crippen LogP contribution in [0.2, 0.25) is 0 Å². The summed E-state index contributed by atoms with van der Waals surface area (Å²) in [6.45, 7) is 0. The number of benzene rings is 3. The fourth-order valence-corrected chi connectivity index (χ4v) is 3.34. The van der Waals surface area contributed by atoms with Crippen LogP contribution in [0.15, 0.2) is 66.7 Å². The quantitative estimate of drug-likeness (QED) is 0.766. The first-order chi connectivity index (χ1) is 13.5. The van der Waals surface area contributed by atoms with Gasteiger partial charge in [0.05, 0.1) is 11.4 Å². The van der Waals surface area contributed by atoms with E-state index in [1.54, 1.807) is 36.2 Å². The van der Waals surface area contributed by atoms with Crippen molar-refractivity contribution in [1.29, 1.82) is 0 Å². The minimum absolute atomic E-state index is 0.156. The first-order valence-electron chi connectivity index (χ1n) is 9.03. The molecule has 0 saturated carbocycles. The van der Waals surface area contributed by atoms with Gasteiger partial charge in [0.1, 0.15) is 0 Å². The molecule has 1 N–H and O–H groups in total. The third kappa shape index (κ3) is 3.20. The number of carbonyl (C=O) groups is 3. The van der Waals surface area contributed by atoms with Crippen LogP contribution >= 0.6 is 0 Å². The number of anilines is 2. The van der Waals surface area contributed by atoms with Gasteiger partial charge in [0, 0.05) is 30.8 Å². The van der Waals surface area contributed by atoms with Crippen LogP contribution in [0.5, 0.6) is 0 Å². The molecule has 1 aliphatic heterocycles. The highest BCUT2D eigenvalue weighted by Gasteiger charge is 2.24. The van der Waals surface area contributed by atoms with Gasteiger partial charge in [-0.3, -0.25) is 19.8 Å². The molecule has 3 aromatic carbocycles. The third-order valence-electron chi connectivity index (χ3n) is 4.86. The lowest BCUT2D eigenvalue weighted by molar-refractivity contribution is -0.130. The predicted molar refractivity (Wildman–Crippen MR) is 108 cm³/mol. The Morgan fingerprint density at radius 2 is 1.64 bits per heavy atom. The maximum absolute atomic E-state index is 13.0. The molecule has 0 radical (unpaired) electrons. The van der Waals surface area contributed by atoms with E-state index in [4.69, 9.17) is 0 Å². The Morgan fingerprint density at radius 3 is 2.43 bits per heavy atom. The highest BCUT2D eigenvalue weighted by Crippen LogP contribution is 2.27. The summed E-state index contributed by atoms with van der Waals surface area (Å²) in [7, 11) is 1.74. The fraction of sp³-hybridized carbons (Fsp3) is 0.136. The number of nitrogens with one attached hydrogen (secondary N) is 1. The summed E-state index contributed by atoms with van der Waals surface area (Å²) in [6, 6.07) is 20.4. The third-order valence-corrected chi connectivity index (χ3v) is 4.86. The maximum Gasteiger partial charge on any atom is 0.258 e. The second-order valence-corrected chi connectivity index (χ2v) is 6.67. The average Bonchev–Trinajstić information content (AvgIpc) is 2.74. The number of hydrazine groups is 1. The van der Waals surface area contributed by atoms with E-state index >= 15 is 0 Å². The summed E-state index contributed by atoms with van der Waals surface area (Å²) in [5.74, 6) is -0.529. The van der Waals surface area contributed by atoms with Crippen LogP contribution in [-0.4, -0.2) is 24.8 Å². The van der Waals surface area contributed by atoms with Gasteiger partial charge < -0.3 is 4.90 Å². The van der Waals surface area contributed by atoms with Crippen LogP contribution in [-0.2, 0) is 9.59 Å². The molecule has 28 heavy (non-hydrogen) atoms. The number of rotatable bonds is 3. The van der Waals surface area contributed by atoms with Crippen molar-refractivity contribution >= 4 is 39.9 Å². The molecule has 6 nitrogen and oxygen atoms in total. The molecule has 0 bridgehead atoms. The molecule has 0 aromatic heterocycles. The van der Waals surface area contributed by atoms with Gasteiger partial charge in [-0.25, -0.2) is 5.01 Å². The van der Waals surface area contributed by atoms with Gasteiger partial charge in [-0.1, -0.05) is 36.4 Å². The molecule has 0 spiro atoms. The van der Waals surface area contributed by atoms with Crippen LogP contribution in [0.3, 0.4) is 0 Å². The van der Waals surface area contributed by atoms with Crippen LogP contribution in [0.4, 0.5) is 11.4 Å². The van der Waals surface area contributed by atoms with Crippen LogP contribution in [0, 0.1) is 0 Å². The summed E-state index contributed by atoms with van der Waals surface area (Å²) in [5, 5.41) is 3.29. The van der Waals surface area contributed by atoms with Crippen LogP contribution in [0.1, 0.15) is 23.2 Å². The van der Waals surface area contributed by atoms with E-state index in [9.17, 15) is 14.4 Å². The lowest BCUT2D eigenvalue weighted by Gasteiger charge is -2.27. The zero-order chi connectivity index (χ0) is 19.7. The molecule has 1 aliphatic rings. The number of nitrogens with zero attached hydrogens (tertiary/aromatic N) is 2. The number of amides is 3. The van der Waals surface area contributed by atoms with Crippen molar-refractivity contribution in [3.05, 3.63) is 72.3 Å². The summed E-state index contributed by atoms with van der Waals surface area (Å²) >= 11 is 0. The zero-order valence-electron chi connectivity index (χ0n) is 15.4. The van der Waals surface area contributed by atoms with E-state index in [1.165, 1.54) is 5.01 Å². The predicted octanol–water partition coefficient (Wildman–Crippen LogP) is 3.27. The van der Waals surface area contributed by atoms with Crippen molar-refractivity contribution in [2.75, 3.05) is 17.0 Å². The zero-order valence-corrected chi connectivity index (χ0v) is 15.4. The van der Waals surface area contributed by atoms with Gasteiger partial charge in [0.15, 0.2) is 0 Å². The molecule has 1 heterocycles. The molecule has 4 rings (SSSR count). The lowest BCUT2D eigenvalue weighted by atomic mass is 10.1. The largest absolute Gasteiger partial charge is 0.311 e. The average molecular weight is 373 g/mol. The van der Waals surface area contributed by atoms with Crippen LogP contribution < -0.4 is 15.3 Å². The smallest absolute Gasteiger partial charge is 0.258 e. The topological polar surface area (TPSA) is 69.7 Å².